The molecule has 0 saturated carbocycles. The predicted octanol–water partition coefficient (Wildman–Crippen LogP) is 3.69. The molecule has 1 amide bonds. The highest BCUT2D eigenvalue weighted by molar-refractivity contribution is 9.10. The standard InChI is InChI=1S/C17H20BrN3O2/c18-16-10-19-21(12-16)11-14-6-8-20(9-7-14)17(22)23-13-15-4-2-1-3-5-15/h1-5,10,12,14H,6-9,11,13H2. The van der Waals surface area contributed by atoms with Crippen molar-refractivity contribution >= 4 is 22.0 Å². The third-order valence-corrected chi connectivity index (χ3v) is 4.53. The Balaban J connectivity index is 1.42. The Kier molecular flexibility index (Phi) is 5.33. The Bertz CT molecular complexity index is 636. The molecule has 1 saturated heterocycles. The van der Waals surface area contributed by atoms with Gasteiger partial charge in [-0.25, -0.2) is 4.79 Å². The van der Waals surface area contributed by atoms with Gasteiger partial charge in [0.1, 0.15) is 6.61 Å². The molecule has 23 heavy (non-hydrogen) atoms. The molecular formula is C17H20BrN3O2. The van der Waals surface area contributed by atoms with E-state index in [9.17, 15) is 4.79 Å². The third kappa shape index (κ3) is 4.58. The summed E-state index contributed by atoms with van der Waals surface area (Å²) in [6.45, 7) is 2.74. The quantitative estimate of drug-likeness (QED) is 0.815. The molecule has 1 fully saturated rings. The Labute approximate surface area is 144 Å². The Morgan fingerprint density at radius 2 is 2.00 bits per heavy atom. The molecule has 5 nitrogen and oxygen atoms in total. The SMILES string of the molecule is O=C(OCc1ccccc1)N1CCC(Cn2cc(Br)cn2)CC1. The second-order valence-corrected chi connectivity index (χ2v) is 6.77. The van der Waals surface area contributed by atoms with E-state index in [1.54, 1.807) is 11.1 Å². The molecule has 6 heteroatoms. The number of hydrogen-bond donors (Lipinski definition) is 0. The van der Waals surface area contributed by atoms with Crippen LogP contribution in [-0.2, 0) is 17.9 Å². The lowest BCUT2D eigenvalue weighted by Crippen LogP contribution is -2.39. The van der Waals surface area contributed by atoms with E-state index >= 15 is 0 Å². The van der Waals surface area contributed by atoms with E-state index in [1.165, 1.54) is 0 Å². The first-order valence-electron chi connectivity index (χ1n) is 7.84. The first-order chi connectivity index (χ1) is 11.2. The molecule has 1 aliphatic heterocycles. The van der Waals surface area contributed by atoms with Gasteiger partial charge in [0.2, 0.25) is 0 Å². The van der Waals surface area contributed by atoms with Gasteiger partial charge in [0.05, 0.1) is 10.7 Å². The van der Waals surface area contributed by atoms with E-state index < -0.39 is 0 Å². The number of hydrogen-bond acceptors (Lipinski definition) is 3. The maximum absolute atomic E-state index is 12.1. The summed E-state index contributed by atoms with van der Waals surface area (Å²) in [5.74, 6) is 0.556. The third-order valence-electron chi connectivity index (χ3n) is 4.12. The zero-order chi connectivity index (χ0) is 16.1. The first kappa shape index (κ1) is 16.1. The fourth-order valence-corrected chi connectivity index (χ4v) is 3.14. The summed E-state index contributed by atoms with van der Waals surface area (Å²) in [5, 5.41) is 4.29. The maximum atomic E-state index is 12.1. The van der Waals surface area contributed by atoms with E-state index in [2.05, 4.69) is 21.0 Å². The smallest absolute Gasteiger partial charge is 0.410 e. The number of rotatable bonds is 4. The number of amides is 1. The normalized spacial score (nSPS) is 15.6. The van der Waals surface area contributed by atoms with Gasteiger partial charge < -0.3 is 9.64 Å². The molecule has 3 rings (SSSR count). The van der Waals surface area contributed by atoms with Gasteiger partial charge in [0, 0.05) is 25.8 Å². The van der Waals surface area contributed by atoms with Gasteiger partial charge in [-0.2, -0.15) is 5.10 Å². The van der Waals surface area contributed by atoms with Gasteiger partial charge in [-0.15, -0.1) is 0 Å². The summed E-state index contributed by atoms with van der Waals surface area (Å²) in [4.78, 5) is 13.9. The largest absolute Gasteiger partial charge is 0.445 e. The summed E-state index contributed by atoms with van der Waals surface area (Å²) in [6.07, 6.45) is 5.54. The number of piperidine rings is 1. The monoisotopic (exact) mass is 377 g/mol. The zero-order valence-corrected chi connectivity index (χ0v) is 14.5. The van der Waals surface area contributed by atoms with Crippen LogP contribution in [0.25, 0.3) is 0 Å². The molecule has 1 aromatic heterocycles. The number of benzene rings is 1. The molecule has 0 radical (unpaired) electrons. The molecule has 1 aromatic carbocycles. The van der Waals surface area contributed by atoms with Gasteiger partial charge in [-0.05, 0) is 40.3 Å². The van der Waals surface area contributed by atoms with Crippen LogP contribution in [0.15, 0.2) is 47.2 Å². The molecule has 0 unspecified atom stereocenters. The highest BCUT2D eigenvalue weighted by Crippen LogP contribution is 2.20. The lowest BCUT2D eigenvalue weighted by atomic mass is 9.97. The second kappa shape index (κ2) is 7.64. The number of aromatic nitrogens is 2. The fraction of sp³-hybridized carbons (Fsp3) is 0.412. The van der Waals surface area contributed by atoms with Crippen LogP contribution in [0, 0.1) is 5.92 Å². The van der Waals surface area contributed by atoms with Crippen molar-refractivity contribution in [2.45, 2.75) is 26.0 Å². The van der Waals surface area contributed by atoms with Crippen molar-refractivity contribution in [1.29, 1.82) is 0 Å². The molecule has 122 valence electrons. The average molecular weight is 378 g/mol. The van der Waals surface area contributed by atoms with Crippen molar-refractivity contribution in [1.82, 2.24) is 14.7 Å². The number of halogens is 1. The van der Waals surface area contributed by atoms with Crippen molar-refractivity contribution in [2.24, 2.45) is 5.92 Å². The lowest BCUT2D eigenvalue weighted by molar-refractivity contribution is 0.0803. The average Bonchev–Trinajstić information content (AvgIpc) is 2.99. The van der Waals surface area contributed by atoms with Crippen LogP contribution >= 0.6 is 15.9 Å². The summed E-state index contributed by atoms with van der Waals surface area (Å²) in [5.41, 5.74) is 1.01. The molecule has 0 aliphatic carbocycles. The van der Waals surface area contributed by atoms with Gasteiger partial charge >= 0.3 is 6.09 Å². The molecular weight excluding hydrogens is 358 g/mol. The van der Waals surface area contributed by atoms with Gasteiger partial charge in [0.15, 0.2) is 0 Å². The number of carbonyl (C=O) groups excluding carboxylic acids is 1. The molecule has 2 heterocycles. The summed E-state index contributed by atoms with van der Waals surface area (Å²) in [6, 6.07) is 9.77. The topological polar surface area (TPSA) is 47.4 Å². The maximum Gasteiger partial charge on any atom is 0.410 e. The van der Waals surface area contributed by atoms with Crippen LogP contribution in [0.3, 0.4) is 0 Å². The van der Waals surface area contributed by atoms with Gasteiger partial charge in [-0.1, -0.05) is 30.3 Å². The fourth-order valence-electron chi connectivity index (χ4n) is 2.81. The van der Waals surface area contributed by atoms with Crippen LogP contribution < -0.4 is 0 Å². The van der Waals surface area contributed by atoms with Gasteiger partial charge in [-0.3, -0.25) is 4.68 Å². The van der Waals surface area contributed by atoms with Crippen molar-refractivity contribution < 1.29 is 9.53 Å². The van der Waals surface area contributed by atoms with Crippen LogP contribution in [0.5, 0.6) is 0 Å². The Morgan fingerprint density at radius 3 is 2.65 bits per heavy atom. The molecule has 0 spiro atoms. The highest BCUT2D eigenvalue weighted by atomic mass is 79.9. The minimum Gasteiger partial charge on any atom is -0.445 e. The van der Waals surface area contributed by atoms with E-state index in [0.29, 0.717) is 12.5 Å². The van der Waals surface area contributed by atoms with E-state index in [1.807, 2.05) is 41.2 Å². The Morgan fingerprint density at radius 1 is 1.26 bits per heavy atom. The van der Waals surface area contributed by atoms with Gasteiger partial charge in [0.25, 0.3) is 0 Å². The van der Waals surface area contributed by atoms with E-state index in [4.69, 9.17) is 4.74 Å². The number of likely N-dealkylation sites (tertiary alicyclic amines) is 1. The molecule has 0 atom stereocenters. The van der Waals surface area contributed by atoms with E-state index in [-0.39, 0.29) is 6.09 Å². The van der Waals surface area contributed by atoms with Crippen LogP contribution in [-0.4, -0.2) is 33.9 Å². The predicted molar refractivity (Wildman–Crippen MR) is 90.9 cm³/mol. The lowest BCUT2D eigenvalue weighted by Gasteiger charge is -2.31. The van der Waals surface area contributed by atoms with Crippen molar-refractivity contribution in [3.05, 3.63) is 52.8 Å². The van der Waals surface area contributed by atoms with Crippen molar-refractivity contribution in [2.75, 3.05) is 13.1 Å². The van der Waals surface area contributed by atoms with Crippen molar-refractivity contribution in [3.63, 3.8) is 0 Å². The first-order valence-corrected chi connectivity index (χ1v) is 8.63. The number of carbonyl (C=O) groups is 1. The summed E-state index contributed by atoms with van der Waals surface area (Å²) in [7, 11) is 0. The van der Waals surface area contributed by atoms with Crippen molar-refractivity contribution in [3.8, 4) is 0 Å². The van der Waals surface area contributed by atoms with Crippen LogP contribution in [0.2, 0.25) is 0 Å². The number of ether oxygens (including phenoxy) is 1. The summed E-state index contributed by atoms with van der Waals surface area (Å²) >= 11 is 3.41. The molecule has 0 N–H and O–H groups in total. The molecule has 0 bridgehead atoms. The summed E-state index contributed by atoms with van der Waals surface area (Å²) < 4.78 is 8.34. The second-order valence-electron chi connectivity index (χ2n) is 5.85. The molecule has 2 aromatic rings. The minimum atomic E-state index is -0.214. The van der Waals surface area contributed by atoms with Crippen LogP contribution in [0.4, 0.5) is 4.79 Å². The Hall–Kier alpha value is -1.82. The highest BCUT2D eigenvalue weighted by Gasteiger charge is 2.24. The molecule has 1 aliphatic rings. The minimum absolute atomic E-state index is 0.214. The number of nitrogens with zero attached hydrogens (tertiary/aromatic N) is 3. The van der Waals surface area contributed by atoms with Crippen LogP contribution in [0.1, 0.15) is 18.4 Å². The van der Waals surface area contributed by atoms with E-state index in [0.717, 1.165) is 42.5 Å². The zero-order valence-electron chi connectivity index (χ0n) is 12.9.